The molecule has 0 aliphatic carbocycles. The van der Waals surface area contributed by atoms with Crippen LogP contribution in [-0.4, -0.2) is 17.4 Å². The fourth-order valence-corrected chi connectivity index (χ4v) is 2.27. The van der Waals surface area contributed by atoms with Crippen LogP contribution >= 0.6 is 0 Å². The number of carbonyl (C=O) groups is 1. The molecule has 3 heteroatoms. The highest BCUT2D eigenvalue weighted by atomic mass is 16.3. The molecule has 1 amide bonds. The van der Waals surface area contributed by atoms with Gasteiger partial charge in [-0.1, -0.05) is 13.5 Å². The highest BCUT2D eigenvalue weighted by Gasteiger charge is 2.31. The summed E-state index contributed by atoms with van der Waals surface area (Å²) in [6.07, 6.45) is 5.06. The minimum atomic E-state index is -0.00620. The number of amides is 1. The van der Waals surface area contributed by atoms with E-state index in [1.54, 1.807) is 6.26 Å². The summed E-state index contributed by atoms with van der Waals surface area (Å²) in [6.45, 7) is 6.55. The Morgan fingerprint density at radius 2 is 2.50 bits per heavy atom. The van der Waals surface area contributed by atoms with Gasteiger partial charge in [0.15, 0.2) is 0 Å². The number of nitrogens with zero attached hydrogens (tertiary/aromatic N) is 1. The molecule has 0 spiro atoms. The van der Waals surface area contributed by atoms with Crippen molar-refractivity contribution in [3.63, 3.8) is 0 Å². The van der Waals surface area contributed by atoms with Crippen LogP contribution in [0.3, 0.4) is 0 Å². The molecule has 0 bridgehead atoms. The molecule has 1 fully saturated rings. The molecule has 2 rings (SSSR count). The summed E-state index contributed by atoms with van der Waals surface area (Å²) in [5, 5.41) is 0. The fourth-order valence-electron chi connectivity index (χ4n) is 2.27. The first-order valence-electron chi connectivity index (χ1n) is 5.69. The van der Waals surface area contributed by atoms with Gasteiger partial charge in [-0.05, 0) is 37.0 Å². The number of piperidine rings is 1. The second-order valence-corrected chi connectivity index (χ2v) is 4.40. The zero-order valence-corrected chi connectivity index (χ0v) is 9.56. The maximum absolute atomic E-state index is 11.7. The van der Waals surface area contributed by atoms with Gasteiger partial charge < -0.3 is 9.32 Å². The molecule has 0 saturated carbocycles. The Hall–Kier alpha value is -1.51. The van der Waals surface area contributed by atoms with E-state index in [1.165, 1.54) is 6.08 Å². The minimum Gasteiger partial charge on any atom is -0.467 e. The van der Waals surface area contributed by atoms with E-state index in [1.807, 2.05) is 17.0 Å². The van der Waals surface area contributed by atoms with Crippen LogP contribution in [0.4, 0.5) is 0 Å². The van der Waals surface area contributed by atoms with Crippen molar-refractivity contribution in [3.05, 3.63) is 36.8 Å². The van der Waals surface area contributed by atoms with Crippen molar-refractivity contribution in [1.29, 1.82) is 0 Å². The predicted molar refractivity (Wildman–Crippen MR) is 61.8 cm³/mol. The first kappa shape index (κ1) is 11.0. The van der Waals surface area contributed by atoms with E-state index in [9.17, 15) is 4.79 Å². The van der Waals surface area contributed by atoms with E-state index in [0.29, 0.717) is 5.92 Å². The molecule has 1 aliphatic rings. The standard InChI is InChI=1S/C13H17NO2/c1-3-13(15)14-7-6-10(2)9-11(14)12-5-4-8-16-12/h3-5,8,10-11H,1,6-7,9H2,2H3. The van der Waals surface area contributed by atoms with Crippen LogP contribution in [0.2, 0.25) is 0 Å². The zero-order valence-electron chi connectivity index (χ0n) is 9.56. The molecule has 3 nitrogen and oxygen atoms in total. The Morgan fingerprint density at radius 3 is 3.12 bits per heavy atom. The molecule has 0 N–H and O–H groups in total. The second-order valence-electron chi connectivity index (χ2n) is 4.40. The van der Waals surface area contributed by atoms with Crippen LogP contribution in [0.15, 0.2) is 35.5 Å². The van der Waals surface area contributed by atoms with Crippen molar-refractivity contribution >= 4 is 5.91 Å². The third kappa shape index (κ3) is 2.03. The van der Waals surface area contributed by atoms with E-state index in [2.05, 4.69) is 13.5 Å². The summed E-state index contributed by atoms with van der Waals surface area (Å²) >= 11 is 0. The van der Waals surface area contributed by atoms with Gasteiger partial charge in [0.2, 0.25) is 5.91 Å². The van der Waals surface area contributed by atoms with E-state index < -0.39 is 0 Å². The summed E-state index contributed by atoms with van der Waals surface area (Å²) in [5.74, 6) is 1.50. The van der Waals surface area contributed by atoms with Crippen molar-refractivity contribution in [2.75, 3.05) is 6.54 Å². The molecule has 86 valence electrons. The molecule has 0 aromatic carbocycles. The fraction of sp³-hybridized carbons (Fsp3) is 0.462. The van der Waals surface area contributed by atoms with Crippen molar-refractivity contribution in [2.45, 2.75) is 25.8 Å². The summed E-state index contributed by atoms with van der Waals surface area (Å²) in [5.41, 5.74) is 0. The lowest BCUT2D eigenvalue weighted by Gasteiger charge is -2.36. The quantitative estimate of drug-likeness (QED) is 0.717. The molecule has 2 heterocycles. The normalized spacial score (nSPS) is 25.4. The van der Waals surface area contributed by atoms with E-state index >= 15 is 0 Å². The maximum Gasteiger partial charge on any atom is 0.246 e. The topological polar surface area (TPSA) is 33.5 Å². The van der Waals surface area contributed by atoms with Crippen LogP contribution < -0.4 is 0 Å². The lowest BCUT2D eigenvalue weighted by molar-refractivity contribution is -0.130. The number of likely N-dealkylation sites (tertiary alicyclic amines) is 1. The molecule has 1 aromatic rings. The molecular weight excluding hydrogens is 202 g/mol. The van der Waals surface area contributed by atoms with Crippen molar-refractivity contribution in [3.8, 4) is 0 Å². The van der Waals surface area contributed by atoms with Crippen molar-refractivity contribution in [2.24, 2.45) is 5.92 Å². The van der Waals surface area contributed by atoms with Gasteiger partial charge in [0.25, 0.3) is 0 Å². The number of hydrogen-bond acceptors (Lipinski definition) is 2. The lowest BCUT2D eigenvalue weighted by Crippen LogP contribution is -2.39. The highest BCUT2D eigenvalue weighted by molar-refractivity contribution is 5.87. The van der Waals surface area contributed by atoms with Gasteiger partial charge in [0.05, 0.1) is 12.3 Å². The monoisotopic (exact) mass is 219 g/mol. The SMILES string of the molecule is C=CC(=O)N1CCC(C)CC1c1ccco1. The van der Waals surface area contributed by atoms with E-state index in [4.69, 9.17) is 4.42 Å². The number of rotatable bonds is 2. The van der Waals surface area contributed by atoms with E-state index in [0.717, 1.165) is 25.1 Å². The van der Waals surface area contributed by atoms with Crippen LogP contribution in [-0.2, 0) is 4.79 Å². The largest absolute Gasteiger partial charge is 0.467 e. The Balaban J connectivity index is 2.22. The van der Waals surface area contributed by atoms with E-state index in [-0.39, 0.29) is 11.9 Å². The lowest BCUT2D eigenvalue weighted by atomic mass is 9.91. The average molecular weight is 219 g/mol. The van der Waals surface area contributed by atoms with Gasteiger partial charge in [0.1, 0.15) is 5.76 Å². The van der Waals surface area contributed by atoms with Crippen molar-refractivity contribution in [1.82, 2.24) is 4.90 Å². The summed E-state index contributed by atoms with van der Waals surface area (Å²) in [6, 6.07) is 3.88. The number of furan rings is 1. The van der Waals surface area contributed by atoms with Crippen LogP contribution in [0.25, 0.3) is 0 Å². The van der Waals surface area contributed by atoms with Crippen LogP contribution in [0, 0.1) is 5.92 Å². The molecule has 1 aliphatic heterocycles. The van der Waals surface area contributed by atoms with Gasteiger partial charge in [-0.2, -0.15) is 0 Å². The van der Waals surface area contributed by atoms with Crippen molar-refractivity contribution < 1.29 is 9.21 Å². The summed E-state index contributed by atoms with van der Waals surface area (Å²) in [7, 11) is 0. The highest BCUT2D eigenvalue weighted by Crippen LogP contribution is 2.34. The van der Waals surface area contributed by atoms with Gasteiger partial charge in [0, 0.05) is 6.54 Å². The molecule has 2 atom stereocenters. The molecule has 2 unspecified atom stereocenters. The Kier molecular flexibility index (Phi) is 3.13. The number of hydrogen-bond donors (Lipinski definition) is 0. The third-order valence-electron chi connectivity index (χ3n) is 3.19. The third-order valence-corrected chi connectivity index (χ3v) is 3.19. The molecule has 16 heavy (non-hydrogen) atoms. The maximum atomic E-state index is 11.7. The van der Waals surface area contributed by atoms with Gasteiger partial charge in [-0.15, -0.1) is 0 Å². The summed E-state index contributed by atoms with van der Waals surface area (Å²) in [4.78, 5) is 13.6. The Bertz CT molecular complexity index is 369. The van der Waals surface area contributed by atoms with Gasteiger partial charge in [-0.3, -0.25) is 4.79 Å². The Labute approximate surface area is 95.7 Å². The molecule has 1 aromatic heterocycles. The van der Waals surface area contributed by atoms with Crippen LogP contribution in [0.5, 0.6) is 0 Å². The van der Waals surface area contributed by atoms with Gasteiger partial charge in [-0.25, -0.2) is 0 Å². The summed E-state index contributed by atoms with van der Waals surface area (Å²) < 4.78 is 5.42. The zero-order chi connectivity index (χ0) is 11.5. The Morgan fingerprint density at radius 1 is 1.69 bits per heavy atom. The van der Waals surface area contributed by atoms with Crippen LogP contribution in [0.1, 0.15) is 31.6 Å². The first-order chi connectivity index (χ1) is 7.72. The number of carbonyl (C=O) groups excluding carboxylic acids is 1. The smallest absolute Gasteiger partial charge is 0.246 e. The minimum absolute atomic E-state index is 0.00620. The molecule has 0 radical (unpaired) electrons. The first-order valence-corrected chi connectivity index (χ1v) is 5.69. The second kappa shape index (κ2) is 4.56. The molecular formula is C13H17NO2. The molecule has 1 saturated heterocycles. The average Bonchev–Trinajstić information content (AvgIpc) is 2.81. The van der Waals surface area contributed by atoms with Gasteiger partial charge >= 0.3 is 0 Å². The predicted octanol–water partition coefficient (Wildman–Crippen LogP) is 2.77.